The fourth-order valence-electron chi connectivity index (χ4n) is 2.79. The maximum atomic E-state index is 6.34. The summed E-state index contributed by atoms with van der Waals surface area (Å²) in [6.45, 7) is 5.47. The largest absolute Gasteiger partial charge is 0.385 e. The van der Waals surface area contributed by atoms with Crippen LogP contribution in [0.15, 0.2) is 0 Å². The number of rotatable bonds is 5. The minimum atomic E-state index is 0.378. The van der Waals surface area contributed by atoms with Gasteiger partial charge in [-0.15, -0.1) is 0 Å². The number of hydrogen-bond acceptors (Lipinski definition) is 2. The molecule has 0 aliphatic heterocycles. The van der Waals surface area contributed by atoms with Crippen LogP contribution in [0.1, 0.15) is 46.0 Å². The summed E-state index contributed by atoms with van der Waals surface area (Å²) in [4.78, 5) is 0. The van der Waals surface area contributed by atoms with Gasteiger partial charge in [0, 0.05) is 19.8 Å². The molecule has 0 bridgehead atoms. The Morgan fingerprint density at radius 2 is 2.13 bits per heavy atom. The molecule has 4 unspecified atom stereocenters. The zero-order valence-electron chi connectivity index (χ0n) is 10.5. The summed E-state index contributed by atoms with van der Waals surface area (Å²) in [6, 6.07) is 0.378. The van der Waals surface area contributed by atoms with E-state index in [1.807, 2.05) is 0 Å². The van der Waals surface area contributed by atoms with Gasteiger partial charge in [0.15, 0.2) is 0 Å². The highest BCUT2D eigenvalue weighted by Gasteiger charge is 2.27. The molecular weight excluding hydrogens is 186 g/mol. The van der Waals surface area contributed by atoms with Crippen LogP contribution < -0.4 is 5.73 Å². The Hall–Kier alpha value is -0.0800. The van der Waals surface area contributed by atoms with Crippen molar-refractivity contribution in [2.75, 3.05) is 13.7 Å². The predicted molar refractivity (Wildman–Crippen MR) is 64.8 cm³/mol. The van der Waals surface area contributed by atoms with E-state index in [9.17, 15) is 0 Å². The van der Waals surface area contributed by atoms with Crippen LogP contribution in [0.4, 0.5) is 0 Å². The smallest absolute Gasteiger partial charge is 0.0465 e. The van der Waals surface area contributed by atoms with Gasteiger partial charge in [0.25, 0.3) is 0 Å². The van der Waals surface area contributed by atoms with E-state index in [2.05, 4.69) is 13.8 Å². The summed E-state index contributed by atoms with van der Waals surface area (Å²) in [5.41, 5.74) is 6.34. The van der Waals surface area contributed by atoms with Gasteiger partial charge in [0.05, 0.1) is 0 Å². The summed E-state index contributed by atoms with van der Waals surface area (Å²) >= 11 is 0. The standard InChI is InChI=1S/C13H27NO/c1-10-5-4-6-12(9-10)13(14)11(2)7-8-15-3/h10-13H,4-9,14H2,1-3H3. The SMILES string of the molecule is COCCC(C)C(N)C1CCCC(C)C1. The first-order valence-corrected chi connectivity index (χ1v) is 6.39. The first-order chi connectivity index (χ1) is 7.15. The molecule has 1 fully saturated rings. The molecule has 0 aromatic rings. The zero-order valence-corrected chi connectivity index (χ0v) is 10.5. The molecule has 0 amide bonds. The van der Waals surface area contributed by atoms with E-state index in [1.165, 1.54) is 25.7 Å². The molecule has 0 radical (unpaired) electrons. The fourth-order valence-corrected chi connectivity index (χ4v) is 2.79. The molecule has 0 aromatic heterocycles. The van der Waals surface area contributed by atoms with Crippen LogP contribution >= 0.6 is 0 Å². The van der Waals surface area contributed by atoms with Gasteiger partial charge in [0.1, 0.15) is 0 Å². The van der Waals surface area contributed by atoms with E-state index in [1.54, 1.807) is 7.11 Å². The van der Waals surface area contributed by atoms with Crippen LogP contribution in [0.3, 0.4) is 0 Å². The highest BCUT2D eigenvalue weighted by Crippen LogP contribution is 2.32. The van der Waals surface area contributed by atoms with Gasteiger partial charge in [-0.05, 0) is 37.0 Å². The molecule has 1 aliphatic rings. The summed E-state index contributed by atoms with van der Waals surface area (Å²) < 4.78 is 5.12. The molecule has 0 spiro atoms. The first kappa shape index (κ1) is 13.0. The van der Waals surface area contributed by atoms with Crippen molar-refractivity contribution >= 4 is 0 Å². The molecule has 0 aromatic carbocycles. The molecule has 1 rings (SSSR count). The van der Waals surface area contributed by atoms with Gasteiger partial charge in [-0.25, -0.2) is 0 Å². The molecule has 4 atom stereocenters. The first-order valence-electron chi connectivity index (χ1n) is 6.39. The second kappa shape index (κ2) is 6.49. The second-order valence-electron chi connectivity index (χ2n) is 5.37. The zero-order chi connectivity index (χ0) is 11.3. The van der Waals surface area contributed by atoms with Crippen molar-refractivity contribution in [2.24, 2.45) is 23.5 Å². The van der Waals surface area contributed by atoms with E-state index in [4.69, 9.17) is 10.5 Å². The van der Waals surface area contributed by atoms with Gasteiger partial charge >= 0.3 is 0 Å². The molecule has 15 heavy (non-hydrogen) atoms. The molecule has 2 heteroatoms. The van der Waals surface area contributed by atoms with E-state index in [-0.39, 0.29) is 0 Å². The second-order valence-corrected chi connectivity index (χ2v) is 5.37. The monoisotopic (exact) mass is 213 g/mol. The highest BCUT2D eigenvalue weighted by atomic mass is 16.5. The van der Waals surface area contributed by atoms with Crippen LogP contribution in [0.25, 0.3) is 0 Å². The number of ether oxygens (including phenoxy) is 1. The van der Waals surface area contributed by atoms with Crippen LogP contribution in [0, 0.1) is 17.8 Å². The van der Waals surface area contributed by atoms with Crippen molar-refractivity contribution in [1.82, 2.24) is 0 Å². The van der Waals surface area contributed by atoms with Crippen molar-refractivity contribution < 1.29 is 4.74 Å². The normalized spacial score (nSPS) is 31.2. The maximum absolute atomic E-state index is 6.34. The molecule has 2 nitrogen and oxygen atoms in total. The maximum Gasteiger partial charge on any atom is 0.0465 e. The topological polar surface area (TPSA) is 35.2 Å². The quantitative estimate of drug-likeness (QED) is 0.762. The average molecular weight is 213 g/mol. The third-order valence-corrected chi connectivity index (χ3v) is 3.96. The third kappa shape index (κ3) is 4.12. The Morgan fingerprint density at radius 1 is 1.40 bits per heavy atom. The van der Waals surface area contributed by atoms with E-state index < -0.39 is 0 Å². The minimum absolute atomic E-state index is 0.378. The van der Waals surface area contributed by atoms with Crippen LogP contribution in [-0.2, 0) is 4.74 Å². The Kier molecular flexibility index (Phi) is 5.62. The van der Waals surface area contributed by atoms with Crippen molar-refractivity contribution in [3.63, 3.8) is 0 Å². The van der Waals surface area contributed by atoms with Crippen LogP contribution in [-0.4, -0.2) is 19.8 Å². The van der Waals surface area contributed by atoms with Gasteiger partial charge in [-0.2, -0.15) is 0 Å². The average Bonchev–Trinajstić information content (AvgIpc) is 2.24. The van der Waals surface area contributed by atoms with E-state index in [0.717, 1.165) is 24.9 Å². The summed E-state index contributed by atoms with van der Waals surface area (Å²) in [5, 5.41) is 0. The highest BCUT2D eigenvalue weighted by molar-refractivity contribution is 4.82. The molecule has 0 saturated heterocycles. The summed E-state index contributed by atoms with van der Waals surface area (Å²) in [7, 11) is 1.76. The van der Waals surface area contributed by atoms with Crippen LogP contribution in [0.2, 0.25) is 0 Å². The Labute approximate surface area is 94.6 Å². The Morgan fingerprint density at radius 3 is 2.73 bits per heavy atom. The molecule has 0 heterocycles. The number of methoxy groups -OCH3 is 1. The lowest BCUT2D eigenvalue weighted by molar-refractivity contribution is 0.152. The van der Waals surface area contributed by atoms with Gasteiger partial charge in [-0.3, -0.25) is 0 Å². The fraction of sp³-hybridized carbons (Fsp3) is 1.00. The third-order valence-electron chi connectivity index (χ3n) is 3.96. The van der Waals surface area contributed by atoms with Gasteiger partial charge in [0.2, 0.25) is 0 Å². The summed E-state index contributed by atoms with van der Waals surface area (Å²) in [6.07, 6.45) is 6.54. The number of hydrogen-bond donors (Lipinski definition) is 1. The van der Waals surface area contributed by atoms with Crippen LogP contribution in [0.5, 0.6) is 0 Å². The van der Waals surface area contributed by atoms with Gasteiger partial charge in [-0.1, -0.05) is 26.7 Å². The molecule has 1 saturated carbocycles. The number of nitrogens with two attached hydrogens (primary N) is 1. The van der Waals surface area contributed by atoms with Crippen molar-refractivity contribution in [2.45, 2.75) is 52.0 Å². The van der Waals surface area contributed by atoms with Gasteiger partial charge < -0.3 is 10.5 Å². The Bertz CT molecular complexity index is 172. The van der Waals surface area contributed by atoms with E-state index >= 15 is 0 Å². The lowest BCUT2D eigenvalue weighted by Crippen LogP contribution is -2.39. The lowest BCUT2D eigenvalue weighted by Gasteiger charge is -2.34. The molecule has 1 aliphatic carbocycles. The molecular formula is C13H27NO. The minimum Gasteiger partial charge on any atom is -0.385 e. The van der Waals surface area contributed by atoms with Crippen molar-refractivity contribution in [3.05, 3.63) is 0 Å². The van der Waals surface area contributed by atoms with E-state index in [0.29, 0.717) is 12.0 Å². The molecule has 90 valence electrons. The predicted octanol–water partition coefficient (Wildman–Crippen LogP) is 2.81. The van der Waals surface area contributed by atoms with Crippen molar-refractivity contribution in [3.8, 4) is 0 Å². The van der Waals surface area contributed by atoms with Crippen molar-refractivity contribution in [1.29, 1.82) is 0 Å². The Balaban J connectivity index is 2.33. The lowest BCUT2D eigenvalue weighted by atomic mass is 9.75. The molecule has 2 N–H and O–H groups in total. The summed E-state index contributed by atoms with van der Waals surface area (Å²) in [5.74, 6) is 2.23.